The Kier molecular flexibility index (Phi) is 3.36. The van der Waals surface area contributed by atoms with Crippen LogP contribution in [-0.2, 0) is 6.54 Å². The Bertz CT molecular complexity index is 528. The summed E-state index contributed by atoms with van der Waals surface area (Å²) in [5, 5.41) is 15.6. The van der Waals surface area contributed by atoms with Gasteiger partial charge in [-0.3, -0.25) is 4.68 Å². The maximum absolute atomic E-state index is 13.5. The van der Waals surface area contributed by atoms with Crippen LogP contribution in [0.25, 0.3) is 0 Å². The molecular formula is C12H11FN4. The summed E-state index contributed by atoms with van der Waals surface area (Å²) in [5.74, 6) is -0.412. The van der Waals surface area contributed by atoms with Gasteiger partial charge in [0.2, 0.25) is 0 Å². The number of halogens is 1. The second kappa shape index (κ2) is 5.12. The number of nitrogens with one attached hydrogen (secondary N) is 1. The zero-order chi connectivity index (χ0) is 12.1. The molecule has 1 aromatic heterocycles. The van der Waals surface area contributed by atoms with Gasteiger partial charge in [-0.25, -0.2) is 4.39 Å². The van der Waals surface area contributed by atoms with E-state index < -0.39 is 5.82 Å². The van der Waals surface area contributed by atoms with Crippen molar-refractivity contribution in [3.05, 3.63) is 48.0 Å². The van der Waals surface area contributed by atoms with E-state index in [-0.39, 0.29) is 0 Å². The monoisotopic (exact) mass is 230 g/mol. The molecule has 0 unspecified atom stereocenters. The highest BCUT2D eigenvalue weighted by atomic mass is 19.1. The molecule has 0 aliphatic rings. The molecule has 0 spiro atoms. The number of hydrogen-bond donors (Lipinski definition) is 1. The van der Waals surface area contributed by atoms with Crippen molar-refractivity contribution < 1.29 is 4.39 Å². The Balaban J connectivity index is 1.93. The molecule has 1 aromatic carbocycles. The Morgan fingerprint density at radius 2 is 2.35 bits per heavy atom. The van der Waals surface area contributed by atoms with Crippen LogP contribution in [0, 0.1) is 17.1 Å². The van der Waals surface area contributed by atoms with Crippen molar-refractivity contribution in [3.8, 4) is 6.07 Å². The first-order valence-corrected chi connectivity index (χ1v) is 5.20. The Labute approximate surface area is 98.3 Å². The lowest BCUT2D eigenvalue weighted by Crippen LogP contribution is -2.11. The van der Waals surface area contributed by atoms with Crippen molar-refractivity contribution in [1.82, 2.24) is 9.78 Å². The van der Waals surface area contributed by atoms with Crippen molar-refractivity contribution in [1.29, 1.82) is 5.26 Å². The highest BCUT2D eigenvalue weighted by Gasteiger charge is 2.02. The largest absolute Gasteiger partial charge is 0.381 e. The molecule has 1 heterocycles. The minimum atomic E-state index is -0.412. The van der Waals surface area contributed by atoms with Gasteiger partial charge in [0, 0.05) is 18.9 Å². The fourth-order valence-electron chi connectivity index (χ4n) is 1.47. The maximum atomic E-state index is 13.5. The second-order valence-corrected chi connectivity index (χ2v) is 3.50. The summed E-state index contributed by atoms with van der Waals surface area (Å²) in [6.07, 6.45) is 3.54. The van der Waals surface area contributed by atoms with Gasteiger partial charge in [-0.15, -0.1) is 0 Å². The molecule has 1 N–H and O–H groups in total. The molecule has 0 aliphatic heterocycles. The van der Waals surface area contributed by atoms with Gasteiger partial charge in [0.15, 0.2) is 0 Å². The van der Waals surface area contributed by atoms with Crippen molar-refractivity contribution in [3.63, 3.8) is 0 Å². The number of nitrogens with zero attached hydrogens (tertiary/aromatic N) is 3. The normalized spacial score (nSPS) is 9.88. The fraction of sp³-hybridized carbons (Fsp3) is 0.167. The number of hydrogen-bond acceptors (Lipinski definition) is 3. The molecule has 0 radical (unpaired) electrons. The first-order valence-electron chi connectivity index (χ1n) is 5.20. The van der Waals surface area contributed by atoms with Gasteiger partial charge >= 0.3 is 0 Å². The topological polar surface area (TPSA) is 53.6 Å². The molecule has 0 amide bonds. The van der Waals surface area contributed by atoms with E-state index in [9.17, 15) is 4.39 Å². The van der Waals surface area contributed by atoms with Crippen LogP contribution in [-0.4, -0.2) is 16.3 Å². The van der Waals surface area contributed by atoms with Gasteiger partial charge in [-0.05, 0) is 24.3 Å². The Hall–Kier alpha value is -2.35. The van der Waals surface area contributed by atoms with Crippen LogP contribution in [0.15, 0.2) is 36.7 Å². The van der Waals surface area contributed by atoms with E-state index in [0.29, 0.717) is 24.3 Å². The number of rotatable bonds is 4. The molecule has 0 saturated carbocycles. The average molecular weight is 230 g/mol. The molecular weight excluding hydrogens is 219 g/mol. The molecule has 0 fully saturated rings. The first-order chi connectivity index (χ1) is 8.29. The van der Waals surface area contributed by atoms with Crippen LogP contribution >= 0.6 is 0 Å². The lowest BCUT2D eigenvalue weighted by atomic mass is 10.2. The second-order valence-electron chi connectivity index (χ2n) is 3.50. The smallest absolute Gasteiger partial charge is 0.147 e. The van der Waals surface area contributed by atoms with Crippen LogP contribution in [0.2, 0.25) is 0 Å². The van der Waals surface area contributed by atoms with E-state index in [1.807, 2.05) is 18.3 Å². The number of anilines is 1. The number of aromatic nitrogens is 2. The Morgan fingerprint density at radius 3 is 3.00 bits per heavy atom. The molecule has 86 valence electrons. The predicted octanol–water partition coefficient (Wildman–Crippen LogP) is 2.01. The van der Waals surface area contributed by atoms with Gasteiger partial charge < -0.3 is 5.32 Å². The van der Waals surface area contributed by atoms with Crippen molar-refractivity contribution >= 4 is 5.69 Å². The van der Waals surface area contributed by atoms with Gasteiger partial charge in [0.1, 0.15) is 5.82 Å². The van der Waals surface area contributed by atoms with E-state index in [1.54, 1.807) is 23.0 Å². The number of nitriles is 1. The first kappa shape index (κ1) is 11.1. The van der Waals surface area contributed by atoms with E-state index >= 15 is 0 Å². The van der Waals surface area contributed by atoms with Crippen LogP contribution in [0.4, 0.5) is 10.1 Å². The third-order valence-corrected chi connectivity index (χ3v) is 2.31. The standard InChI is InChI=1S/C12H11FN4/c13-11-8-10(9-14)2-3-12(11)15-5-7-17-6-1-4-16-17/h1-4,6,8,15H,5,7H2. The van der Waals surface area contributed by atoms with Crippen molar-refractivity contribution in [2.45, 2.75) is 6.54 Å². The summed E-state index contributed by atoms with van der Waals surface area (Å²) in [6, 6.07) is 8.09. The van der Waals surface area contributed by atoms with E-state index in [0.717, 1.165) is 0 Å². The molecule has 0 saturated heterocycles. The molecule has 2 aromatic rings. The lowest BCUT2D eigenvalue weighted by molar-refractivity contribution is 0.617. The molecule has 0 bridgehead atoms. The minimum absolute atomic E-state index is 0.320. The Morgan fingerprint density at radius 1 is 1.47 bits per heavy atom. The summed E-state index contributed by atoms with van der Waals surface area (Å²) in [4.78, 5) is 0. The van der Waals surface area contributed by atoms with E-state index in [4.69, 9.17) is 5.26 Å². The SMILES string of the molecule is N#Cc1ccc(NCCn2cccn2)c(F)c1. The zero-order valence-electron chi connectivity index (χ0n) is 9.10. The fourth-order valence-corrected chi connectivity index (χ4v) is 1.47. The van der Waals surface area contributed by atoms with Crippen molar-refractivity contribution in [2.24, 2.45) is 0 Å². The van der Waals surface area contributed by atoms with E-state index in [1.165, 1.54) is 6.07 Å². The predicted molar refractivity (Wildman–Crippen MR) is 61.8 cm³/mol. The van der Waals surface area contributed by atoms with Crippen LogP contribution in [0.3, 0.4) is 0 Å². The highest BCUT2D eigenvalue weighted by Crippen LogP contribution is 2.14. The summed E-state index contributed by atoms with van der Waals surface area (Å²) >= 11 is 0. The molecule has 0 aliphatic carbocycles. The number of benzene rings is 1. The maximum Gasteiger partial charge on any atom is 0.147 e. The third kappa shape index (κ3) is 2.82. The molecule has 2 rings (SSSR count). The highest BCUT2D eigenvalue weighted by molar-refractivity contribution is 5.48. The third-order valence-electron chi connectivity index (χ3n) is 2.31. The van der Waals surface area contributed by atoms with Crippen LogP contribution in [0.1, 0.15) is 5.56 Å². The minimum Gasteiger partial charge on any atom is -0.381 e. The quantitative estimate of drug-likeness (QED) is 0.874. The summed E-state index contributed by atoms with van der Waals surface area (Å²) < 4.78 is 15.2. The van der Waals surface area contributed by atoms with Gasteiger partial charge in [0.25, 0.3) is 0 Å². The average Bonchev–Trinajstić information content (AvgIpc) is 2.84. The van der Waals surface area contributed by atoms with Gasteiger partial charge in [-0.2, -0.15) is 10.4 Å². The van der Waals surface area contributed by atoms with Gasteiger partial charge in [-0.1, -0.05) is 0 Å². The zero-order valence-corrected chi connectivity index (χ0v) is 9.10. The van der Waals surface area contributed by atoms with Crippen LogP contribution < -0.4 is 5.32 Å². The summed E-state index contributed by atoms with van der Waals surface area (Å²) in [7, 11) is 0. The summed E-state index contributed by atoms with van der Waals surface area (Å²) in [6.45, 7) is 1.23. The summed E-state index contributed by atoms with van der Waals surface area (Å²) in [5.41, 5.74) is 0.719. The molecule has 17 heavy (non-hydrogen) atoms. The molecule has 0 atom stereocenters. The molecule has 4 nitrogen and oxygen atoms in total. The van der Waals surface area contributed by atoms with Gasteiger partial charge in [0.05, 0.1) is 23.9 Å². The van der Waals surface area contributed by atoms with Crippen LogP contribution in [0.5, 0.6) is 0 Å². The van der Waals surface area contributed by atoms with E-state index in [2.05, 4.69) is 10.4 Å². The van der Waals surface area contributed by atoms with Crippen molar-refractivity contribution in [2.75, 3.05) is 11.9 Å². The lowest BCUT2D eigenvalue weighted by Gasteiger charge is -2.07. The molecule has 5 heteroatoms.